The van der Waals surface area contributed by atoms with Gasteiger partial charge in [0, 0.05) is 31.7 Å². The molecule has 1 aliphatic carbocycles. The molecule has 0 bridgehead atoms. The zero-order chi connectivity index (χ0) is 21.4. The third kappa shape index (κ3) is 3.89. The van der Waals surface area contributed by atoms with Gasteiger partial charge in [0.05, 0.1) is 11.1 Å². The number of hydrogen-bond donors (Lipinski definition) is 1. The summed E-state index contributed by atoms with van der Waals surface area (Å²) in [5.74, 6) is 0.0503. The first-order valence-electron chi connectivity index (χ1n) is 10.3. The first kappa shape index (κ1) is 20.3. The molecule has 5 rings (SSSR count). The van der Waals surface area contributed by atoms with Crippen LogP contribution in [0, 0.1) is 0 Å². The lowest BCUT2D eigenvalue weighted by Crippen LogP contribution is -2.48. The van der Waals surface area contributed by atoms with Crippen LogP contribution in [0.25, 0.3) is 11.1 Å². The lowest BCUT2D eigenvalue weighted by molar-refractivity contribution is 0.0883. The van der Waals surface area contributed by atoms with E-state index in [1.165, 1.54) is 22.3 Å². The predicted octanol–water partition coefficient (Wildman–Crippen LogP) is 5.28. The van der Waals surface area contributed by atoms with Gasteiger partial charge in [-0.15, -0.1) is 0 Å². The summed E-state index contributed by atoms with van der Waals surface area (Å²) in [6.07, 6.45) is 1.38. The Bertz CT molecular complexity index is 1090. The van der Waals surface area contributed by atoms with Crippen LogP contribution < -0.4 is 5.32 Å². The topological polar surface area (TPSA) is 54.5 Å². The van der Waals surface area contributed by atoms with Gasteiger partial charge in [0.1, 0.15) is 11.8 Å². The number of ether oxygens (including phenoxy) is 1. The summed E-state index contributed by atoms with van der Waals surface area (Å²) < 4.78 is 5.80. The minimum absolute atomic E-state index is 0.0503. The van der Waals surface area contributed by atoms with Gasteiger partial charge in [-0.25, -0.2) is 9.78 Å². The lowest BCUT2D eigenvalue weighted by Gasteiger charge is -2.33. The lowest BCUT2D eigenvalue weighted by atomic mass is 9.98. The molecule has 1 amide bonds. The highest BCUT2D eigenvalue weighted by Gasteiger charge is 2.31. The first-order valence-corrected chi connectivity index (χ1v) is 11.0. The fourth-order valence-corrected chi connectivity index (χ4v) is 4.73. The Labute approximate surface area is 190 Å². The first-order chi connectivity index (χ1) is 15.1. The van der Waals surface area contributed by atoms with Gasteiger partial charge < -0.3 is 15.0 Å². The molecule has 0 saturated carbocycles. The number of benzene rings is 2. The Hall–Kier alpha value is -2.60. The average molecular weight is 454 g/mol. The second-order valence-electron chi connectivity index (χ2n) is 7.80. The smallest absolute Gasteiger partial charge is 0.409 e. The summed E-state index contributed by atoms with van der Waals surface area (Å²) in [5.41, 5.74) is 5.74. The van der Waals surface area contributed by atoms with Crippen LogP contribution in [0.5, 0.6) is 0 Å². The van der Waals surface area contributed by atoms with E-state index in [-0.39, 0.29) is 23.2 Å². The standard InChI is InChI=1S/C24H21Cl2N3O2/c25-21-11-15(12-28-23(21)26)22-13-29(10-9-27-22)24(30)31-14-20-18-7-3-1-5-16(18)17-6-2-4-8-19(17)20/h1-8,11-12,20,22,27H,9-10,13-14H2. The highest BCUT2D eigenvalue weighted by Crippen LogP contribution is 2.44. The third-order valence-electron chi connectivity index (χ3n) is 5.99. The van der Waals surface area contributed by atoms with Gasteiger partial charge >= 0.3 is 6.09 Å². The molecule has 1 atom stereocenters. The molecular formula is C24H21Cl2N3O2. The summed E-state index contributed by atoms with van der Waals surface area (Å²) >= 11 is 12.0. The Morgan fingerprint density at radius 1 is 1.10 bits per heavy atom. The summed E-state index contributed by atoms with van der Waals surface area (Å²) in [4.78, 5) is 18.7. The van der Waals surface area contributed by atoms with Crippen molar-refractivity contribution in [3.63, 3.8) is 0 Å². The summed E-state index contributed by atoms with van der Waals surface area (Å²) in [5, 5.41) is 4.07. The van der Waals surface area contributed by atoms with Crippen LogP contribution in [0.3, 0.4) is 0 Å². The summed E-state index contributed by atoms with van der Waals surface area (Å²) in [6.45, 7) is 2.04. The van der Waals surface area contributed by atoms with Crippen molar-refractivity contribution in [3.05, 3.63) is 87.7 Å². The number of pyridine rings is 1. The maximum atomic E-state index is 12.9. The molecule has 1 saturated heterocycles. The minimum atomic E-state index is -0.304. The monoisotopic (exact) mass is 453 g/mol. The maximum absolute atomic E-state index is 12.9. The van der Waals surface area contributed by atoms with E-state index in [0.29, 0.717) is 31.3 Å². The van der Waals surface area contributed by atoms with Crippen LogP contribution in [-0.4, -0.2) is 42.2 Å². The maximum Gasteiger partial charge on any atom is 0.409 e. The average Bonchev–Trinajstić information content (AvgIpc) is 3.13. The highest BCUT2D eigenvalue weighted by molar-refractivity contribution is 6.41. The Balaban J connectivity index is 1.28. The molecule has 2 aliphatic rings. The molecule has 5 nitrogen and oxygen atoms in total. The van der Waals surface area contributed by atoms with Crippen molar-refractivity contribution in [1.82, 2.24) is 15.2 Å². The molecule has 0 radical (unpaired) electrons. The minimum Gasteiger partial charge on any atom is -0.448 e. The van der Waals surface area contributed by atoms with E-state index in [1.54, 1.807) is 17.2 Å². The number of carbonyl (C=O) groups is 1. The Morgan fingerprint density at radius 2 is 1.77 bits per heavy atom. The molecule has 3 aromatic rings. The molecule has 2 heterocycles. The number of halogens is 2. The predicted molar refractivity (Wildman–Crippen MR) is 122 cm³/mol. The van der Waals surface area contributed by atoms with Gasteiger partial charge in [0.2, 0.25) is 0 Å². The van der Waals surface area contributed by atoms with E-state index in [1.807, 2.05) is 24.3 Å². The van der Waals surface area contributed by atoms with E-state index < -0.39 is 0 Å². The van der Waals surface area contributed by atoms with Crippen LogP contribution >= 0.6 is 23.2 Å². The van der Waals surface area contributed by atoms with E-state index in [2.05, 4.69) is 34.6 Å². The third-order valence-corrected chi connectivity index (χ3v) is 6.68. The van der Waals surface area contributed by atoms with Gasteiger partial charge in [-0.05, 0) is 33.9 Å². The van der Waals surface area contributed by atoms with Crippen molar-refractivity contribution in [3.8, 4) is 11.1 Å². The number of hydrogen-bond acceptors (Lipinski definition) is 4. The fourth-order valence-electron chi connectivity index (χ4n) is 4.45. The van der Waals surface area contributed by atoms with Gasteiger partial charge in [0.15, 0.2) is 0 Å². The zero-order valence-corrected chi connectivity index (χ0v) is 18.2. The zero-order valence-electron chi connectivity index (χ0n) is 16.7. The van der Waals surface area contributed by atoms with E-state index in [4.69, 9.17) is 27.9 Å². The van der Waals surface area contributed by atoms with Crippen LogP contribution in [0.2, 0.25) is 10.2 Å². The Kier molecular flexibility index (Phi) is 5.57. The van der Waals surface area contributed by atoms with Crippen molar-refractivity contribution in [2.45, 2.75) is 12.0 Å². The van der Waals surface area contributed by atoms with Gasteiger partial charge in [-0.3, -0.25) is 0 Å². The van der Waals surface area contributed by atoms with Crippen molar-refractivity contribution >= 4 is 29.3 Å². The summed E-state index contributed by atoms with van der Waals surface area (Å²) in [7, 11) is 0. The van der Waals surface area contributed by atoms with Gasteiger partial charge in [-0.2, -0.15) is 0 Å². The van der Waals surface area contributed by atoms with Crippen LogP contribution in [0.4, 0.5) is 4.79 Å². The summed E-state index contributed by atoms with van der Waals surface area (Å²) in [6, 6.07) is 18.4. The normalized spacial score (nSPS) is 17.9. The molecule has 0 spiro atoms. The SMILES string of the molecule is O=C(OCC1c2ccccc2-c2ccccc21)N1CCNC(c2cnc(Cl)c(Cl)c2)C1. The Morgan fingerprint density at radius 3 is 2.45 bits per heavy atom. The fraction of sp³-hybridized carbons (Fsp3) is 0.250. The number of aromatic nitrogens is 1. The number of piperazine rings is 1. The van der Waals surface area contributed by atoms with Crippen LogP contribution in [-0.2, 0) is 4.74 Å². The number of amides is 1. The molecule has 1 aromatic heterocycles. The molecular weight excluding hydrogens is 433 g/mol. The van der Waals surface area contributed by atoms with Crippen molar-refractivity contribution < 1.29 is 9.53 Å². The second kappa shape index (κ2) is 8.50. The van der Waals surface area contributed by atoms with E-state index >= 15 is 0 Å². The van der Waals surface area contributed by atoms with E-state index in [9.17, 15) is 4.79 Å². The molecule has 31 heavy (non-hydrogen) atoms. The van der Waals surface area contributed by atoms with Crippen molar-refractivity contribution in [2.24, 2.45) is 0 Å². The number of nitrogens with one attached hydrogen (secondary N) is 1. The number of fused-ring (bicyclic) bond motifs is 3. The van der Waals surface area contributed by atoms with Crippen LogP contribution in [0.1, 0.15) is 28.7 Å². The molecule has 1 aliphatic heterocycles. The van der Waals surface area contributed by atoms with Gasteiger partial charge in [-0.1, -0.05) is 71.7 Å². The van der Waals surface area contributed by atoms with Crippen LogP contribution in [0.15, 0.2) is 60.8 Å². The van der Waals surface area contributed by atoms with E-state index in [0.717, 1.165) is 5.56 Å². The molecule has 1 N–H and O–H groups in total. The quantitative estimate of drug-likeness (QED) is 0.547. The highest BCUT2D eigenvalue weighted by atomic mass is 35.5. The number of carbonyl (C=O) groups excluding carboxylic acids is 1. The molecule has 1 fully saturated rings. The number of rotatable bonds is 3. The van der Waals surface area contributed by atoms with Crippen molar-refractivity contribution in [1.29, 1.82) is 0 Å². The molecule has 2 aromatic carbocycles. The molecule has 158 valence electrons. The van der Waals surface area contributed by atoms with Crippen molar-refractivity contribution in [2.75, 3.05) is 26.2 Å². The molecule has 1 unspecified atom stereocenters. The van der Waals surface area contributed by atoms with Gasteiger partial charge in [0.25, 0.3) is 0 Å². The molecule has 7 heteroatoms. The second-order valence-corrected chi connectivity index (χ2v) is 8.56. The number of nitrogens with zero attached hydrogens (tertiary/aromatic N) is 2. The largest absolute Gasteiger partial charge is 0.448 e.